The Hall–Kier alpha value is -1.85. The summed E-state index contributed by atoms with van der Waals surface area (Å²) in [5.41, 5.74) is -0.898. The normalized spacial score (nSPS) is 12.6. The lowest BCUT2D eigenvalue weighted by atomic mass is 10.2. The zero-order chi connectivity index (χ0) is 12.3. The first-order valence-electron chi connectivity index (χ1n) is 4.25. The number of alkyl halides is 3. The lowest BCUT2D eigenvalue weighted by Gasteiger charge is -2.06. The first kappa shape index (κ1) is 12.2. The van der Waals surface area contributed by atoms with Crippen molar-refractivity contribution in [2.75, 3.05) is 0 Å². The average molecular weight is 231 g/mol. The van der Waals surface area contributed by atoms with E-state index in [4.69, 9.17) is 5.11 Å². The van der Waals surface area contributed by atoms with Gasteiger partial charge in [-0.1, -0.05) is 6.07 Å². The van der Waals surface area contributed by atoms with Crippen LogP contribution in [-0.2, 0) is 4.79 Å². The Kier molecular flexibility index (Phi) is 3.31. The molecule has 1 aromatic heterocycles. The van der Waals surface area contributed by atoms with Crippen LogP contribution in [0.1, 0.15) is 11.3 Å². The molecule has 0 saturated carbocycles. The zero-order valence-corrected chi connectivity index (χ0v) is 8.25. The molecule has 0 spiro atoms. The van der Waals surface area contributed by atoms with E-state index in [0.717, 1.165) is 5.56 Å². The summed E-state index contributed by atoms with van der Waals surface area (Å²) >= 11 is 0. The van der Waals surface area contributed by atoms with Crippen LogP contribution >= 0.6 is 0 Å². The maximum absolute atomic E-state index is 12.3. The molecule has 1 rings (SSSR count). The molecule has 0 aromatic carbocycles. The van der Waals surface area contributed by atoms with Crippen molar-refractivity contribution in [1.29, 1.82) is 0 Å². The van der Waals surface area contributed by atoms with Crippen LogP contribution in [0.4, 0.5) is 13.2 Å². The predicted molar refractivity (Wildman–Crippen MR) is 50.6 cm³/mol. The van der Waals surface area contributed by atoms with Crippen LogP contribution < -0.4 is 0 Å². The standard InChI is InChI=1S/C10H8F3NO2/c1-6-2-3-7(14-5-6)4-8(9(15)16)10(11,12)13/h2-5H,1H3,(H,15,16)/b8-4-. The van der Waals surface area contributed by atoms with Gasteiger partial charge in [0.25, 0.3) is 0 Å². The van der Waals surface area contributed by atoms with E-state index in [1.807, 2.05) is 0 Å². The maximum atomic E-state index is 12.3. The minimum absolute atomic E-state index is 0.0414. The number of hydrogen-bond donors (Lipinski definition) is 1. The number of carboxylic acid groups (broad SMARTS) is 1. The number of carbonyl (C=O) groups is 1. The van der Waals surface area contributed by atoms with Crippen molar-refractivity contribution in [2.24, 2.45) is 0 Å². The van der Waals surface area contributed by atoms with Gasteiger partial charge in [-0.2, -0.15) is 13.2 Å². The summed E-state index contributed by atoms with van der Waals surface area (Å²) in [5, 5.41) is 8.41. The molecule has 3 nitrogen and oxygen atoms in total. The Morgan fingerprint density at radius 1 is 1.44 bits per heavy atom. The molecule has 1 aromatic rings. The molecule has 86 valence electrons. The van der Waals surface area contributed by atoms with Crippen molar-refractivity contribution in [1.82, 2.24) is 4.98 Å². The lowest BCUT2D eigenvalue weighted by Crippen LogP contribution is -2.19. The number of rotatable bonds is 2. The number of aryl methyl sites for hydroxylation is 1. The van der Waals surface area contributed by atoms with Crippen molar-refractivity contribution >= 4 is 12.0 Å². The van der Waals surface area contributed by atoms with Crippen LogP contribution in [0.5, 0.6) is 0 Å². The number of aliphatic carboxylic acids is 1. The summed E-state index contributed by atoms with van der Waals surface area (Å²) in [6.45, 7) is 1.72. The first-order valence-corrected chi connectivity index (χ1v) is 4.25. The number of hydrogen-bond acceptors (Lipinski definition) is 2. The van der Waals surface area contributed by atoms with E-state index in [1.54, 1.807) is 13.0 Å². The lowest BCUT2D eigenvalue weighted by molar-refractivity contribution is -0.144. The molecule has 0 fully saturated rings. The molecule has 0 saturated heterocycles. The van der Waals surface area contributed by atoms with Gasteiger partial charge in [-0.25, -0.2) is 4.79 Å². The summed E-state index contributed by atoms with van der Waals surface area (Å²) in [4.78, 5) is 14.1. The number of pyridine rings is 1. The second-order valence-corrected chi connectivity index (χ2v) is 3.12. The molecule has 0 atom stereocenters. The molecule has 0 unspecified atom stereocenters. The van der Waals surface area contributed by atoms with Crippen molar-refractivity contribution in [3.63, 3.8) is 0 Å². The van der Waals surface area contributed by atoms with E-state index >= 15 is 0 Å². The molecule has 1 heterocycles. The van der Waals surface area contributed by atoms with Crippen molar-refractivity contribution in [3.8, 4) is 0 Å². The molecule has 6 heteroatoms. The third-order valence-electron chi connectivity index (χ3n) is 1.76. The number of carboxylic acids is 1. The second kappa shape index (κ2) is 4.34. The van der Waals surface area contributed by atoms with Gasteiger partial charge in [0.2, 0.25) is 0 Å². The molecule has 0 aliphatic rings. The summed E-state index contributed by atoms with van der Waals surface area (Å²) in [5.74, 6) is -2.02. The minimum atomic E-state index is -4.89. The van der Waals surface area contributed by atoms with Crippen LogP contribution in [0.2, 0.25) is 0 Å². The average Bonchev–Trinajstić information content (AvgIpc) is 2.14. The summed E-state index contributed by atoms with van der Waals surface area (Å²) in [6, 6.07) is 2.87. The summed E-state index contributed by atoms with van der Waals surface area (Å²) in [7, 11) is 0. The molecular weight excluding hydrogens is 223 g/mol. The topological polar surface area (TPSA) is 50.2 Å². The van der Waals surface area contributed by atoms with Crippen molar-refractivity contribution in [3.05, 3.63) is 35.2 Å². The van der Waals surface area contributed by atoms with Gasteiger partial charge in [0.05, 0.1) is 5.69 Å². The van der Waals surface area contributed by atoms with E-state index in [9.17, 15) is 18.0 Å². The Bertz CT molecular complexity index is 421. The minimum Gasteiger partial charge on any atom is -0.478 e. The molecule has 1 N–H and O–H groups in total. The molecule has 0 amide bonds. The zero-order valence-electron chi connectivity index (χ0n) is 8.25. The van der Waals surface area contributed by atoms with E-state index in [1.165, 1.54) is 12.3 Å². The molecule has 0 radical (unpaired) electrons. The van der Waals surface area contributed by atoms with Gasteiger partial charge < -0.3 is 5.11 Å². The van der Waals surface area contributed by atoms with Crippen LogP contribution in [0, 0.1) is 6.92 Å². The number of halogens is 3. The number of nitrogens with zero attached hydrogens (tertiary/aromatic N) is 1. The van der Waals surface area contributed by atoms with E-state index < -0.39 is 17.7 Å². The largest absolute Gasteiger partial charge is 0.478 e. The van der Waals surface area contributed by atoms with Gasteiger partial charge in [0, 0.05) is 6.20 Å². The highest BCUT2D eigenvalue weighted by Gasteiger charge is 2.38. The van der Waals surface area contributed by atoms with Gasteiger partial charge in [-0.15, -0.1) is 0 Å². The van der Waals surface area contributed by atoms with E-state index in [-0.39, 0.29) is 5.69 Å². The van der Waals surface area contributed by atoms with Crippen LogP contribution in [0.3, 0.4) is 0 Å². The predicted octanol–water partition coefficient (Wildman–Crippen LogP) is 2.42. The van der Waals surface area contributed by atoms with Crippen LogP contribution in [0.15, 0.2) is 23.9 Å². The molecule has 0 bridgehead atoms. The first-order chi connectivity index (χ1) is 7.30. The Morgan fingerprint density at radius 3 is 2.44 bits per heavy atom. The fraction of sp³-hybridized carbons (Fsp3) is 0.200. The molecule has 16 heavy (non-hydrogen) atoms. The summed E-state index contributed by atoms with van der Waals surface area (Å²) in [6.07, 6.45) is -3.03. The Labute approximate surface area is 89.2 Å². The van der Waals surface area contributed by atoms with Gasteiger partial charge in [-0.3, -0.25) is 4.98 Å². The second-order valence-electron chi connectivity index (χ2n) is 3.12. The van der Waals surface area contributed by atoms with Crippen molar-refractivity contribution < 1.29 is 23.1 Å². The van der Waals surface area contributed by atoms with Gasteiger partial charge >= 0.3 is 12.1 Å². The van der Waals surface area contributed by atoms with Gasteiger partial charge in [-0.05, 0) is 24.6 Å². The SMILES string of the molecule is Cc1ccc(/C=C(/C(=O)O)C(F)(F)F)nc1. The highest BCUT2D eigenvalue weighted by Crippen LogP contribution is 2.27. The van der Waals surface area contributed by atoms with E-state index in [0.29, 0.717) is 6.08 Å². The van der Waals surface area contributed by atoms with Crippen LogP contribution in [0.25, 0.3) is 6.08 Å². The smallest absolute Gasteiger partial charge is 0.423 e. The fourth-order valence-electron chi connectivity index (χ4n) is 0.977. The quantitative estimate of drug-likeness (QED) is 0.795. The molecular formula is C10H8F3NO2. The highest BCUT2D eigenvalue weighted by molar-refractivity contribution is 5.93. The number of aromatic nitrogens is 1. The van der Waals surface area contributed by atoms with Gasteiger partial charge in [0.1, 0.15) is 5.57 Å². The maximum Gasteiger partial charge on any atom is 0.423 e. The summed E-state index contributed by atoms with van der Waals surface area (Å²) < 4.78 is 36.8. The van der Waals surface area contributed by atoms with Gasteiger partial charge in [0.15, 0.2) is 0 Å². The molecule has 0 aliphatic heterocycles. The van der Waals surface area contributed by atoms with E-state index in [2.05, 4.69) is 4.98 Å². The monoisotopic (exact) mass is 231 g/mol. The highest BCUT2D eigenvalue weighted by atomic mass is 19.4. The third kappa shape index (κ3) is 3.08. The Morgan fingerprint density at radius 2 is 2.06 bits per heavy atom. The fourth-order valence-corrected chi connectivity index (χ4v) is 0.977. The van der Waals surface area contributed by atoms with Crippen molar-refractivity contribution in [2.45, 2.75) is 13.1 Å². The van der Waals surface area contributed by atoms with Crippen LogP contribution in [-0.4, -0.2) is 22.2 Å². The third-order valence-corrected chi connectivity index (χ3v) is 1.76. The Balaban J connectivity index is 3.13. The molecule has 0 aliphatic carbocycles.